The van der Waals surface area contributed by atoms with Crippen LogP contribution in [0.5, 0.6) is 0 Å². The summed E-state index contributed by atoms with van der Waals surface area (Å²) in [6.07, 6.45) is 0. The summed E-state index contributed by atoms with van der Waals surface area (Å²) in [6.45, 7) is 4.14. The highest BCUT2D eigenvalue weighted by Crippen LogP contribution is 2.14. The van der Waals surface area contributed by atoms with Crippen molar-refractivity contribution in [1.82, 2.24) is 15.8 Å². The van der Waals surface area contributed by atoms with E-state index in [0.29, 0.717) is 37.8 Å². The number of morpholine rings is 1. The summed E-state index contributed by atoms with van der Waals surface area (Å²) in [5, 5.41) is 13.3. The molecule has 0 saturated carbocycles. The number of nitrogens with one attached hydrogen (secondary N) is 2. The van der Waals surface area contributed by atoms with Gasteiger partial charge in [-0.3, -0.25) is 5.43 Å². The lowest BCUT2D eigenvalue weighted by Gasteiger charge is -2.26. The maximum atomic E-state index is 11.6. The number of amides is 2. The standard InChI is InChI=1S/C12H17N3O5/c1-8-10(11(16)17)6-9(20-8)7-13-12(18)14-15-2-4-19-5-3-15/h6H,2-5,7H2,1H3,(H,16,17)(H2,13,14,18). The van der Waals surface area contributed by atoms with Gasteiger partial charge in [0.05, 0.1) is 19.8 Å². The fourth-order valence-corrected chi connectivity index (χ4v) is 1.87. The van der Waals surface area contributed by atoms with E-state index in [9.17, 15) is 9.59 Å². The number of hydrogen-bond acceptors (Lipinski definition) is 5. The Bertz CT molecular complexity index is 493. The van der Waals surface area contributed by atoms with Crippen molar-refractivity contribution in [3.63, 3.8) is 0 Å². The Labute approximate surface area is 115 Å². The van der Waals surface area contributed by atoms with E-state index < -0.39 is 5.97 Å². The van der Waals surface area contributed by atoms with Gasteiger partial charge in [0.2, 0.25) is 0 Å². The minimum atomic E-state index is -1.05. The Morgan fingerprint density at radius 2 is 2.10 bits per heavy atom. The van der Waals surface area contributed by atoms with Gasteiger partial charge in [-0.1, -0.05) is 0 Å². The van der Waals surface area contributed by atoms with Gasteiger partial charge in [0, 0.05) is 13.1 Å². The van der Waals surface area contributed by atoms with Gasteiger partial charge in [0.25, 0.3) is 0 Å². The zero-order valence-corrected chi connectivity index (χ0v) is 11.1. The maximum absolute atomic E-state index is 11.6. The third-order valence-electron chi connectivity index (χ3n) is 2.89. The number of urea groups is 1. The van der Waals surface area contributed by atoms with E-state index in [1.165, 1.54) is 6.07 Å². The number of aryl methyl sites for hydroxylation is 1. The van der Waals surface area contributed by atoms with Crippen LogP contribution in [0.25, 0.3) is 0 Å². The van der Waals surface area contributed by atoms with Gasteiger partial charge in [0.1, 0.15) is 17.1 Å². The third-order valence-corrected chi connectivity index (χ3v) is 2.89. The van der Waals surface area contributed by atoms with Crippen LogP contribution in [0.3, 0.4) is 0 Å². The van der Waals surface area contributed by atoms with Gasteiger partial charge in [-0.05, 0) is 13.0 Å². The summed E-state index contributed by atoms with van der Waals surface area (Å²) < 4.78 is 10.4. The molecule has 0 radical (unpaired) electrons. The van der Waals surface area contributed by atoms with Crippen molar-refractivity contribution in [1.29, 1.82) is 0 Å². The Balaban J connectivity index is 1.80. The second kappa shape index (κ2) is 6.40. The molecule has 1 fully saturated rings. The molecule has 110 valence electrons. The zero-order valence-electron chi connectivity index (χ0n) is 11.1. The monoisotopic (exact) mass is 283 g/mol. The lowest BCUT2D eigenvalue weighted by atomic mass is 10.2. The molecule has 8 nitrogen and oxygen atoms in total. The number of carbonyl (C=O) groups excluding carboxylic acids is 1. The predicted molar refractivity (Wildman–Crippen MR) is 68.2 cm³/mol. The lowest BCUT2D eigenvalue weighted by molar-refractivity contribution is 0.0194. The van der Waals surface area contributed by atoms with Crippen molar-refractivity contribution in [3.8, 4) is 0 Å². The third kappa shape index (κ3) is 3.72. The van der Waals surface area contributed by atoms with Gasteiger partial charge >= 0.3 is 12.0 Å². The lowest BCUT2D eigenvalue weighted by Crippen LogP contribution is -2.51. The molecule has 2 rings (SSSR count). The first-order valence-electron chi connectivity index (χ1n) is 6.26. The van der Waals surface area contributed by atoms with E-state index in [2.05, 4.69) is 10.7 Å². The van der Waals surface area contributed by atoms with E-state index in [4.69, 9.17) is 14.3 Å². The molecule has 1 saturated heterocycles. The second-order valence-corrected chi connectivity index (χ2v) is 4.38. The Morgan fingerprint density at radius 1 is 1.40 bits per heavy atom. The number of hydrazine groups is 1. The number of aromatic carboxylic acids is 1. The molecule has 1 aromatic heterocycles. The van der Waals surface area contributed by atoms with Crippen LogP contribution >= 0.6 is 0 Å². The van der Waals surface area contributed by atoms with Crippen LogP contribution in [-0.4, -0.2) is 48.4 Å². The zero-order chi connectivity index (χ0) is 14.5. The molecule has 0 unspecified atom stereocenters. The highest BCUT2D eigenvalue weighted by atomic mass is 16.5. The maximum Gasteiger partial charge on any atom is 0.339 e. The Hall–Kier alpha value is -2.06. The van der Waals surface area contributed by atoms with Crippen LogP contribution in [0.4, 0.5) is 4.79 Å². The van der Waals surface area contributed by atoms with Crippen molar-refractivity contribution in [2.45, 2.75) is 13.5 Å². The van der Waals surface area contributed by atoms with Crippen LogP contribution in [-0.2, 0) is 11.3 Å². The molecule has 1 aliphatic heterocycles. The summed E-state index contributed by atoms with van der Waals surface area (Å²) >= 11 is 0. The quantitative estimate of drug-likeness (QED) is 0.735. The van der Waals surface area contributed by atoms with Crippen molar-refractivity contribution in [2.24, 2.45) is 0 Å². The molecule has 0 aliphatic carbocycles. The van der Waals surface area contributed by atoms with Crippen LogP contribution in [0.15, 0.2) is 10.5 Å². The van der Waals surface area contributed by atoms with Crippen LogP contribution in [0, 0.1) is 6.92 Å². The first kappa shape index (κ1) is 14.4. The molecule has 2 amide bonds. The summed E-state index contributed by atoms with van der Waals surface area (Å²) in [5.41, 5.74) is 2.79. The predicted octanol–water partition coefficient (Wildman–Crippen LogP) is 0.333. The molecule has 20 heavy (non-hydrogen) atoms. The second-order valence-electron chi connectivity index (χ2n) is 4.38. The SMILES string of the molecule is Cc1oc(CNC(=O)NN2CCOCC2)cc1C(=O)O. The summed E-state index contributed by atoms with van der Waals surface area (Å²) in [5.74, 6) is -0.324. The first-order valence-corrected chi connectivity index (χ1v) is 6.26. The Morgan fingerprint density at radius 3 is 2.70 bits per heavy atom. The number of carboxylic acids is 1. The molecule has 0 aromatic carbocycles. The fraction of sp³-hybridized carbons (Fsp3) is 0.500. The largest absolute Gasteiger partial charge is 0.478 e. The van der Waals surface area contributed by atoms with E-state index >= 15 is 0 Å². The molecule has 1 aliphatic rings. The average Bonchev–Trinajstić information content (AvgIpc) is 2.79. The van der Waals surface area contributed by atoms with E-state index in [1.807, 2.05) is 0 Å². The average molecular weight is 283 g/mol. The number of hydrogen-bond donors (Lipinski definition) is 3. The number of furan rings is 1. The van der Waals surface area contributed by atoms with Crippen LogP contribution in [0.2, 0.25) is 0 Å². The summed E-state index contributed by atoms with van der Waals surface area (Å²) in [6, 6.07) is 1.05. The topological polar surface area (TPSA) is 104 Å². The number of nitrogens with zero attached hydrogens (tertiary/aromatic N) is 1. The summed E-state index contributed by atoms with van der Waals surface area (Å²) in [4.78, 5) is 22.5. The fourth-order valence-electron chi connectivity index (χ4n) is 1.87. The number of ether oxygens (including phenoxy) is 1. The van der Waals surface area contributed by atoms with Gasteiger partial charge in [0.15, 0.2) is 0 Å². The highest BCUT2D eigenvalue weighted by Gasteiger charge is 2.15. The van der Waals surface area contributed by atoms with Crippen molar-refractivity contribution < 1.29 is 23.8 Å². The Kier molecular flexibility index (Phi) is 4.59. The van der Waals surface area contributed by atoms with Crippen LogP contribution in [0.1, 0.15) is 21.9 Å². The van der Waals surface area contributed by atoms with E-state index in [1.54, 1.807) is 11.9 Å². The number of rotatable bonds is 4. The van der Waals surface area contributed by atoms with E-state index in [0.717, 1.165) is 0 Å². The van der Waals surface area contributed by atoms with Crippen molar-refractivity contribution in [2.75, 3.05) is 26.3 Å². The molecule has 0 bridgehead atoms. The number of carboxylic acid groups (broad SMARTS) is 1. The smallest absolute Gasteiger partial charge is 0.339 e. The van der Waals surface area contributed by atoms with Crippen molar-refractivity contribution in [3.05, 3.63) is 23.2 Å². The highest BCUT2D eigenvalue weighted by molar-refractivity contribution is 5.88. The molecular formula is C12H17N3O5. The minimum Gasteiger partial charge on any atom is -0.478 e. The van der Waals surface area contributed by atoms with Crippen LogP contribution < -0.4 is 10.7 Å². The molecule has 1 aromatic rings. The molecule has 8 heteroatoms. The minimum absolute atomic E-state index is 0.107. The van der Waals surface area contributed by atoms with Gasteiger partial charge in [-0.25, -0.2) is 14.6 Å². The normalized spacial score (nSPS) is 15.8. The van der Waals surface area contributed by atoms with E-state index in [-0.39, 0.29) is 18.1 Å². The molecule has 2 heterocycles. The van der Waals surface area contributed by atoms with Gasteiger partial charge < -0.3 is 19.6 Å². The molecule has 3 N–H and O–H groups in total. The molecule has 0 spiro atoms. The van der Waals surface area contributed by atoms with Crippen molar-refractivity contribution >= 4 is 12.0 Å². The van der Waals surface area contributed by atoms with Gasteiger partial charge in [-0.15, -0.1) is 0 Å². The number of carbonyl (C=O) groups is 2. The molecule has 0 atom stereocenters. The summed E-state index contributed by atoms with van der Waals surface area (Å²) in [7, 11) is 0. The first-order chi connectivity index (χ1) is 9.56. The molecular weight excluding hydrogens is 266 g/mol. The van der Waals surface area contributed by atoms with Gasteiger partial charge in [-0.2, -0.15) is 0 Å².